The van der Waals surface area contributed by atoms with Gasteiger partial charge in [-0.05, 0) is 19.3 Å². The van der Waals surface area contributed by atoms with Gasteiger partial charge >= 0.3 is 11.9 Å². The van der Waals surface area contributed by atoms with E-state index in [9.17, 15) is 9.59 Å². The average Bonchev–Trinajstić information content (AvgIpc) is 2.98. The van der Waals surface area contributed by atoms with E-state index in [4.69, 9.17) is 9.84 Å². The number of hydrogen-bond donors (Lipinski definition) is 1. The molecule has 0 atom stereocenters. The Balaban J connectivity index is 3.12. The van der Waals surface area contributed by atoms with Crippen molar-refractivity contribution in [2.45, 2.75) is 225 Å². The van der Waals surface area contributed by atoms with E-state index >= 15 is 0 Å². The van der Waals surface area contributed by atoms with E-state index < -0.39 is 5.97 Å². The third kappa shape index (κ3) is 37.0. The molecule has 42 heavy (non-hydrogen) atoms. The Morgan fingerprint density at radius 1 is 0.381 bits per heavy atom. The second kappa shape index (κ2) is 36.1. The van der Waals surface area contributed by atoms with E-state index in [1.54, 1.807) is 0 Å². The number of carbonyl (C=O) groups excluding carboxylic acids is 1. The zero-order chi connectivity index (χ0) is 30.6. The van der Waals surface area contributed by atoms with E-state index in [0.717, 1.165) is 25.7 Å². The second-order valence-corrected chi connectivity index (χ2v) is 13.1. The summed E-state index contributed by atoms with van der Waals surface area (Å²) in [5.74, 6) is -0.642. The number of unbranched alkanes of at least 4 members (excludes halogenated alkanes) is 30. The minimum Gasteiger partial charge on any atom is -0.481 e. The number of carboxylic acid groups (broad SMARTS) is 1. The molecule has 0 spiro atoms. The molecule has 0 rings (SSSR count). The van der Waals surface area contributed by atoms with Crippen LogP contribution in [0.1, 0.15) is 225 Å². The van der Waals surface area contributed by atoms with Crippen LogP contribution in [0.15, 0.2) is 0 Å². The molecule has 0 saturated heterocycles. The molecule has 0 aliphatic carbocycles. The molecule has 250 valence electrons. The quantitative estimate of drug-likeness (QED) is 0.0579. The van der Waals surface area contributed by atoms with Crippen molar-refractivity contribution >= 4 is 11.9 Å². The van der Waals surface area contributed by atoms with Gasteiger partial charge in [0.2, 0.25) is 0 Å². The maximum Gasteiger partial charge on any atom is 0.305 e. The summed E-state index contributed by atoms with van der Waals surface area (Å²) in [5.41, 5.74) is 0. The molecule has 0 heterocycles. The first-order chi connectivity index (χ1) is 20.7. The van der Waals surface area contributed by atoms with Gasteiger partial charge in [-0.3, -0.25) is 9.59 Å². The summed E-state index contributed by atoms with van der Waals surface area (Å²) < 4.78 is 5.40. The van der Waals surface area contributed by atoms with Crippen LogP contribution in [0.2, 0.25) is 0 Å². The van der Waals surface area contributed by atoms with Gasteiger partial charge in [-0.1, -0.05) is 193 Å². The molecule has 0 aliphatic rings. The average molecular weight is 595 g/mol. The molecule has 0 radical (unpaired) electrons. The highest BCUT2D eigenvalue weighted by Gasteiger charge is 2.03. The fourth-order valence-electron chi connectivity index (χ4n) is 5.93. The van der Waals surface area contributed by atoms with Gasteiger partial charge in [0.05, 0.1) is 6.61 Å². The van der Waals surface area contributed by atoms with Crippen molar-refractivity contribution in [3.05, 3.63) is 0 Å². The van der Waals surface area contributed by atoms with Crippen LogP contribution >= 0.6 is 0 Å². The number of aliphatic carboxylic acids is 1. The highest BCUT2D eigenvalue weighted by molar-refractivity contribution is 5.69. The molecular formula is C38H74O4. The summed E-state index contributed by atoms with van der Waals surface area (Å²) in [7, 11) is 0. The van der Waals surface area contributed by atoms with Crippen LogP contribution in [0.4, 0.5) is 0 Å². The van der Waals surface area contributed by atoms with E-state index in [2.05, 4.69) is 6.92 Å². The van der Waals surface area contributed by atoms with Crippen LogP contribution in [0.5, 0.6) is 0 Å². The first-order valence-corrected chi connectivity index (χ1v) is 19.0. The van der Waals surface area contributed by atoms with Gasteiger partial charge in [0.1, 0.15) is 0 Å². The molecule has 0 bridgehead atoms. The lowest BCUT2D eigenvalue weighted by Crippen LogP contribution is -2.05. The fraction of sp³-hybridized carbons (Fsp3) is 0.947. The Morgan fingerprint density at radius 2 is 0.643 bits per heavy atom. The van der Waals surface area contributed by atoms with Crippen LogP contribution in [-0.2, 0) is 14.3 Å². The molecule has 0 aliphatic heterocycles. The van der Waals surface area contributed by atoms with Crippen molar-refractivity contribution in [1.82, 2.24) is 0 Å². The molecule has 0 amide bonds. The van der Waals surface area contributed by atoms with Crippen molar-refractivity contribution in [3.8, 4) is 0 Å². The predicted molar refractivity (Wildman–Crippen MR) is 181 cm³/mol. The van der Waals surface area contributed by atoms with Crippen molar-refractivity contribution in [3.63, 3.8) is 0 Å². The van der Waals surface area contributed by atoms with E-state index in [1.165, 1.54) is 180 Å². The molecule has 0 aromatic carbocycles. The van der Waals surface area contributed by atoms with E-state index in [-0.39, 0.29) is 5.97 Å². The van der Waals surface area contributed by atoms with Crippen molar-refractivity contribution in [2.75, 3.05) is 6.61 Å². The van der Waals surface area contributed by atoms with Crippen LogP contribution in [0.25, 0.3) is 0 Å². The molecule has 4 nitrogen and oxygen atoms in total. The van der Waals surface area contributed by atoms with E-state index in [0.29, 0.717) is 19.4 Å². The maximum absolute atomic E-state index is 11.9. The number of rotatable bonds is 36. The summed E-state index contributed by atoms with van der Waals surface area (Å²) in [5, 5.41) is 8.63. The molecular weight excluding hydrogens is 520 g/mol. The number of hydrogen-bond acceptors (Lipinski definition) is 3. The minimum absolute atomic E-state index is 0.0140. The van der Waals surface area contributed by atoms with Gasteiger partial charge in [0.25, 0.3) is 0 Å². The molecule has 1 N–H and O–H groups in total. The number of esters is 1. The number of ether oxygens (including phenoxy) is 1. The van der Waals surface area contributed by atoms with E-state index in [1.807, 2.05) is 0 Å². The molecule has 0 saturated carbocycles. The maximum atomic E-state index is 11.9. The zero-order valence-corrected chi connectivity index (χ0v) is 28.4. The lowest BCUT2D eigenvalue weighted by atomic mass is 10.0. The molecule has 0 aromatic rings. The molecule has 0 fully saturated rings. The zero-order valence-electron chi connectivity index (χ0n) is 28.4. The summed E-state index contributed by atoms with van der Waals surface area (Å²) in [4.78, 5) is 22.3. The Morgan fingerprint density at radius 3 is 0.952 bits per heavy atom. The summed E-state index contributed by atoms with van der Waals surface area (Å²) in [6.07, 6.45) is 42.7. The lowest BCUT2D eigenvalue weighted by molar-refractivity contribution is -0.144. The van der Waals surface area contributed by atoms with Gasteiger partial charge in [-0.25, -0.2) is 0 Å². The molecule has 0 aromatic heterocycles. The third-order valence-electron chi connectivity index (χ3n) is 8.78. The second-order valence-electron chi connectivity index (χ2n) is 13.1. The third-order valence-corrected chi connectivity index (χ3v) is 8.78. The van der Waals surface area contributed by atoms with Crippen molar-refractivity contribution < 1.29 is 19.4 Å². The largest absolute Gasteiger partial charge is 0.481 e. The van der Waals surface area contributed by atoms with Gasteiger partial charge < -0.3 is 9.84 Å². The molecule has 4 heteroatoms. The Bertz CT molecular complexity index is 547. The topological polar surface area (TPSA) is 63.6 Å². The minimum atomic E-state index is -0.656. The Labute approximate surface area is 262 Å². The van der Waals surface area contributed by atoms with Crippen LogP contribution in [-0.4, -0.2) is 23.7 Å². The molecule has 0 unspecified atom stereocenters. The normalized spacial score (nSPS) is 11.3. The Kier molecular flexibility index (Phi) is 35.2. The fourth-order valence-corrected chi connectivity index (χ4v) is 5.93. The van der Waals surface area contributed by atoms with Crippen LogP contribution in [0, 0.1) is 0 Å². The highest BCUT2D eigenvalue weighted by Crippen LogP contribution is 2.16. The lowest BCUT2D eigenvalue weighted by Gasteiger charge is -2.06. The first-order valence-electron chi connectivity index (χ1n) is 19.0. The monoisotopic (exact) mass is 595 g/mol. The van der Waals surface area contributed by atoms with Crippen molar-refractivity contribution in [1.29, 1.82) is 0 Å². The van der Waals surface area contributed by atoms with Gasteiger partial charge in [-0.2, -0.15) is 0 Å². The standard InChI is InChI=1S/C38H74O4/c1-2-3-4-5-6-27-30-33-36-42-38(41)35-32-29-26-24-22-20-18-16-14-12-10-8-7-9-11-13-15-17-19-21-23-25-28-31-34-37(39)40/h2-36H2,1H3,(H,39,40). The number of carbonyl (C=O) groups is 2. The van der Waals surface area contributed by atoms with Crippen molar-refractivity contribution in [2.24, 2.45) is 0 Å². The summed E-state index contributed by atoms with van der Waals surface area (Å²) in [6.45, 7) is 2.88. The summed E-state index contributed by atoms with van der Waals surface area (Å²) in [6, 6.07) is 0. The smallest absolute Gasteiger partial charge is 0.305 e. The summed E-state index contributed by atoms with van der Waals surface area (Å²) >= 11 is 0. The predicted octanol–water partition coefficient (Wildman–Crippen LogP) is 12.9. The number of carboxylic acids is 1. The van der Waals surface area contributed by atoms with Crippen LogP contribution in [0.3, 0.4) is 0 Å². The van der Waals surface area contributed by atoms with Gasteiger partial charge in [0.15, 0.2) is 0 Å². The van der Waals surface area contributed by atoms with Crippen LogP contribution < -0.4 is 0 Å². The highest BCUT2D eigenvalue weighted by atomic mass is 16.5. The Hall–Kier alpha value is -1.06. The van der Waals surface area contributed by atoms with Gasteiger partial charge in [0, 0.05) is 12.8 Å². The SMILES string of the molecule is CCCCCCCCCCOC(=O)CCCCCCCCCCCCCCCCCCCCCCCCCCC(=O)O. The first kappa shape index (κ1) is 40.9. The van der Waals surface area contributed by atoms with Gasteiger partial charge in [-0.15, -0.1) is 0 Å².